The molecule has 0 fully saturated rings. The Morgan fingerprint density at radius 2 is 2.17 bits per heavy atom. The Kier molecular flexibility index (Phi) is 6.57. The van der Waals surface area contributed by atoms with Gasteiger partial charge in [0.2, 0.25) is 0 Å². The van der Waals surface area contributed by atoms with E-state index in [4.69, 9.17) is 0 Å². The topological polar surface area (TPSA) is 36.8 Å². The van der Waals surface area contributed by atoms with Crippen molar-refractivity contribution < 1.29 is 0 Å². The van der Waals surface area contributed by atoms with Crippen LogP contribution in [0.2, 0.25) is 0 Å². The SMILES string of the molecule is C/C=C(/CCNC)N=NC(C)C. The van der Waals surface area contributed by atoms with E-state index in [9.17, 15) is 0 Å². The number of allylic oxidation sites excluding steroid dienone is 1. The molecule has 0 bridgehead atoms. The average molecular weight is 169 g/mol. The van der Waals surface area contributed by atoms with Gasteiger partial charge in [0.25, 0.3) is 0 Å². The van der Waals surface area contributed by atoms with Gasteiger partial charge in [-0.1, -0.05) is 6.08 Å². The molecule has 3 nitrogen and oxygen atoms in total. The lowest BCUT2D eigenvalue weighted by Crippen LogP contribution is -2.07. The molecule has 0 aromatic rings. The maximum absolute atomic E-state index is 4.13. The highest BCUT2D eigenvalue weighted by atomic mass is 15.1. The summed E-state index contributed by atoms with van der Waals surface area (Å²) >= 11 is 0. The first kappa shape index (κ1) is 11.3. The second-order valence-corrected chi connectivity index (χ2v) is 2.94. The molecule has 0 aliphatic rings. The second kappa shape index (κ2) is 6.98. The van der Waals surface area contributed by atoms with Crippen LogP contribution < -0.4 is 5.32 Å². The van der Waals surface area contributed by atoms with Crippen LogP contribution in [0.1, 0.15) is 27.2 Å². The number of rotatable bonds is 5. The molecule has 0 heterocycles. The molecule has 0 aliphatic heterocycles. The summed E-state index contributed by atoms with van der Waals surface area (Å²) in [5, 5.41) is 11.3. The summed E-state index contributed by atoms with van der Waals surface area (Å²) in [6, 6.07) is 0.287. The first-order valence-corrected chi connectivity index (χ1v) is 4.41. The van der Waals surface area contributed by atoms with Crippen molar-refractivity contribution >= 4 is 0 Å². The van der Waals surface area contributed by atoms with Crippen molar-refractivity contribution in [1.29, 1.82) is 0 Å². The molecule has 12 heavy (non-hydrogen) atoms. The van der Waals surface area contributed by atoms with Crippen LogP contribution in [0.25, 0.3) is 0 Å². The summed E-state index contributed by atoms with van der Waals surface area (Å²) in [4.78, 5) is 0. The van der Waals surface area contributed by atoms with Crippen molar-refractivity contribution in [3.05, 3.63) is 11.8 Å². The normalized spacial score (nSPS) is 13.2. The Morgan fingerprint density at radius 3 is 2.58 bits per heavy atom. The van der Waals surface area contributed by atoms with Crippen LogP contribution in [0.4, 0.5) is 0 Å². The smallest absolute Gasteiger partial charge is 0.0656 e. The molecule has 0 atom stereocenters. The summed E-state index contributed by atoms with van der Waals surface area (Å²) < 4.78 is 0. The highest BCUT2D eigenvalue weighted by Crippen LogP contribution is 2.03. The van der Waals surface area contributed by atoms with E-state index < -0.39 is 0 Å². The summed E-state index contributed by atoms with van der Waals surface area (Å²) in [6.07, 6.45) is 2.95. The van der Waals surface area contributed by atoms with E-state index in [1.165, 1.54) is 0 Å². The van der Waals surface area contributed by atoms with Crippen LogP contribution in [0.15, 0.2) is 22.0 Å². The zero-order valence-electron chi connectivity index (χ0n) is 8.46. The van der Waals surface area contributed by atoms with Gasteiger partial charge in [-0.25, -0.2) is 0 Å². The van der Waals surface area contributed by atoms with Gasteiger partial charge in [0.15, 0.2) is 0 Å². The summed E-state index contributed by atoms with van der Waals surface area (Å²) in [6.45, 7) is 6.99. The molecule has 0 aliphatic carbocycles. The fourth-order valence-corrected chi connectivity index (χ4v) is 0.695. The molecule has 70 valence electrons. The van der Waals surface area contributed by atoms with Gasteiger partial charge in [-0.3, -0.25) is 0 Å². The lowest BCUT2D eigenvalue weighted by atomic mass is 10.3. The first-order chi connectivity index (χ1) is 5.70. The van der Waals surface area contributed by atoms with Crippen LogP contribution in [0, 0.1) is 0 Å². The van der Waals surface area contributed by atoms with Gasteiger partial charge in [0.1, 0.15) is 0 Å². The zero-order valence-corrected chi connectivity index (χ0v) is 8.46. The van der Waals surface area contributed by atoms with Crippen molar-refractivity contribution in [3.8, 4) is 0 Å². The van der Waals surface area contributed by atoms with Crippen molar-refractivity contribution in [3.63, 3.8) is 0 Å². The average Bonchev–Trinajstić information content (AvgIpc) is 2.05. The third kappa shape index (κ3) is 6.04. The van der Waals surface area contributed by atoms with Crippen LogP contribution in [0.5, 0.6) is 0 Å². The van der Waals surface area contributed by atoms with E-state index in [2.05, 4.69) is 15.5 Å². The minimum absolute atomic E-state index is 0.287. The highest BCUT2D eigenvalue weighted by Gasteiger charge is 1.92. The van der Waals surface area contributed by atoms with E-state index >= 15 is 0 Å². The first-order valence-electron chi connectivity index (χ1n) is 4.41. The number of nitrogens with zero attached hydrogens (tertiary/aromatic N) is 2. The molecule has 0 aromatic heterocycles. The number of hydrogen-bond acceptors (Lipinski definition) is 3. The molecule has 0 rings (SSSR count). The van der Waals surface area contributed by atoms with Crippen LogP contribution >= 0.6 is 0 Å². The molecular formula is C9H19N3. The lowest BCUT2D eigenvalue weighted by Gasteiger charge is -1.99. The molecule has 0 radical (unpaired) electrons. The predicted molar refractivity (Wildman–Crippen MR) is 52.3 cm³/mol. The third-order valence-corrected chi connectivity index (χ3v) is 1.38. The number of nitrogens with one attached hydrogen (secondary N) is 1. The largest absolute Gasteiger partial charge is 0.319 e. The van der Waals surface area contributed by atoms with Gasteiger partial charge in [-0.2, -0.15) is 10.2 Å². The van der Waals surface area contributed by atoms with Gasteiger partial charge in [0, 0.05) is 13.0 Å². The van der Waals surface area contributed by atoms with E-state index in [1.54, 1.807) is 0 Å². The number of azo groups is 1. The van der Waals surface area contributed by atoms with Gasteiger partial charge in [-0.15, -0.1) is 0 Å². The minimum atomic E-state index is 0.287. The van der Waals surface area contributed by atoms with Crippen molar-refractivity contribution in [2.75, 3.05) is 13.6 Å². The van der Waals surface area contributed by atoms with E-state index in [0.29, 0.717) is 0 Å². The maximum Gasteiger partial charge on any atom is 0.0656 e. The molecule has 0 spiro atoms. The maximum atomic E-state index is 4.13. The van der Waals surface area contributed by atoms with E-state index in [-0.39, 0.29) is 6.04 Å². The highest BCUT2D eigenvalue weighted by molar-refractivity contribution is 4.97. The molecule has 3 heteroatoms. The molecule has 0 saturated heterocycles. The standard InChI is InChI=1S/C9H19N3/c1-5-9(6-7-10-4)12-11-8(2)3/h5,8,10H,6-7H2,1-4H3/b9-5-,12-11?. The summed E-state index contributed by atoms with van der Waals surface area (Å²) in [5.74, 6) is 0. The van der Waals surface area contributed by atoms with Crippen LogP contribution in [-0.2, 0) is 0 Å². The Balaban J connectivity index is 3.84. The van der Waals surface area contributed by atoms with Crippen molar-refractivity contribution in [2.45, 2.75) is 33.2 Å². The Labute approximate surface area is 75.0 Å². The van der Waals surface area contributed by atoms with E-state index in [1.807, 2.05) is 33.9 Å². The monoisotopic (exact) mass is 169 g/mol. The summed E-state index contributed by atoms with van der Waals surface area (Å²) in [7, 11) is 1.94. The van der Waals surface area contributed by atoms with Crippen LogP contribution in [-0.4, -0.2) is 19.6 Å². The van der Waals surface area contributed by atoms with Gasteiger partial charge in [-0.05, 0) is 27.8 Å². The molecule has 0 unspecified atom stereocenters. The lowest BCUT2D eigenvalue weighted by molar-refractivity contribution is 0.728. The predicted octanol–water partition coefficient (Wildman–Crippen LogP) is 2.36. The van der Waals surface area contributed by atoms with Crippen molar-refractivity contribution in [2.24, 2.45) is 10.2 Å². The Morgan fingerprint density at radius 1 is 1.50 bits per heavy atom. The van der Waals surface area contributed by atoms with Gasteiger partial charge in [0.05, 0.1) is 11.7 Å². The fraction of sp³-hybridized carbons (Fsp3) is 0.778. The molecule has 1 N–H and O–H groups in total. The van der Waals surface area contributed by atoms with E-state index in [0.717, 1.165) is 18.7 Å². The quantitative estimate of drug-likeness (QED) is 0.630. The zero-order chi connectivity index (χ0) is 9.40. The number of hydrogen-bond donors (Lipinski definition) is 1. The van der Waals surface area contributed by atoms with Gasteiger partial charge < -0.3 is 5.32 Å². The molecule has 0 saturated carbocycles. The van der Waals surface area contributed by atoms with Crippen molar-refractivity contribution in [1.82, 2.24) is 5.32 Å². The van der Waals surface area contributed by atoms with Crippen LogP contribution in [0.3, 0.4) is 0 Å². The Bertz CT molecular complexity index is 159. The van der Waals surface area contributed by atoms with Gasteiger partial charge >= 0.3 is 0 Å². The minimum Gasteiger partial charge on any atom is -0.319 e. The second-order valence-electron chi connectivity index (χ2n) is 2.94. The fourth-order valence-electron chi connectivity index (χ4n) is 0.695. The third-order valence-electron chi connectivity index (χ3n) is 1.38. The Hall–Kier alpha value is -0.700. The molecule has 0 amide bonds. The molecular weight excluding hydrogens is 150 g/mol. The molecule has 0 aromatic carbocycles. The summed E-state index contributed by atoms with van der Waals surface area (Å²) in [5.41, 5.74) is 1.05.